The van der Waals surface area contributed by atoms with Crippen LogP contribution in [0.3, 0.4) is 0 Å². The van der Waals surface area contributed by atoms with Crippen molar-refractivity contribution in [1.29, 1.82) is 0 Å². The van der Waals surface area contributed by atoms with Gasteiger partial charge in [-0.3, -0.25) is 0 Å². The van der Waals surface area contributed by atoms with Crippen molar-refractivity contribution >= 4 is 38.5 Å². The Bertz CT molecular complexity index is 510. The third-order valence-electron chi connectivity index (χ3n) is 2.87. The number of rotatable bonds is 4. The zero-order valence-electron chi connectivity index (χ0n) is 10.2. The lowest BCUT2D eigenvalue weighted by Gasteiger charge is -2.14. The average Bonchev–Trinajstić information content (AvgIpc) is 2.37. The van der Waals surface area contributed by atoms with Crippen molar-refractivity contribution in [2.24, 2.45) is 0 Å². The van der Waals surface area contributed by atoms with Crippen LogP contribution in [0.15, 0.2) is 53.0 Å². The van der Waals surface area contributed by atoms with Gasteiger partial charge < -0.3 is 5.32 Å². The van der Waals surface area contributed by atoms with Gasteiger partial charge in [-0.15, -0.1) is 0 Å². The lowest BCUT2D eigenvalue weighted by molar-refractivity contribution is 0.574. The Morgan fingerprint density at radius 1 is 1.17 bits per heavy atom. The van der Waals surface area contributed by atoms with Gasteiger partial charge in [0.25, 0.3) is 0 Å². The van der Waals surface area contributed by atoms with Crippen LogP contribution in [0.2, 0.25) is 0 Å². The van der Waals surface area contributed by atoms with E-state index in [1.807, 2.05) is 6.07 Å². The monoisotopic (exact) mass is 415 g/mol. The highest BCUT2D eigenvalue weighted by Gasteiger charge is 2.04. The molecule has 0 fully saturated rings. The normalized spacial score (nSPS) is 12.4. The van der Waals surface area contributed by atoms with Crippen LogP contribution >= 0.6 is 38.5 Å². The standard InChI is InChI=1S/C15H15BrIN/c1-11(13-5-7-15(17)8-6-13)18-10-12-3-2-4-14(16)9-12/h2-9,11,18H,10H2,1H3. The van der Waals surface area contributed by atoms with Crippen molar-refractivity contribution < 1.29 is 0 Å². The molecule has 1 N–H and O–H groups in total. The first-order valence-electron chi connectivity index (χ1n) is 5.88. The summed E-state index contributed by atoms with van der Waals surface area (Å²) in [6.45, 7) is 3.08. The number of halogens is 2. The maximum Gasteiger partial charge on any atom is 0.0294 e. The average molecular weight is 416 g/mol. The first-order chi connectivity index (χ1) is 8.65. The van der Waals surface area contributed by atoms with Gasteiger partial charge in [0.15, 0.2) is 0 Å². The summed E-state index contributed by atoms with van der Waals surface area (Å²) in [4.78, 5) is 0. The van der Waals surface area contributed by atoms with E-state index in [1.54, 1.807) is 0 Å². The molecule has 2 aromatic carbocycles. The molecule has 18 heavy (non-hydrogen) atoms. The van der Waals surface area contributed by atoms with E-state index in [1.165, 1.54) is 14.7 Å². The predicted octanol–water partition coefficient (Wildman–Crippen LogP) is 4.90. The Labute approximate surface area is 130 Å². The maximum absolute atomic E-state index is 3.54. The van der Waals surface area contributed by atoms with E-state index in [9.17, 15) is 0 Å². The van der Waals surface area contributed by atoms with Gasteiger partial charge in [0.2, 0.25) is 0 Å². The van der Waals surface area contributed by atoms with E-state index in [0.717, 1.165) is 11.0 Å². The number of hydrogen-bond acceptors (Lipinski definition) is 1. The molecule has 3 heteroatoms. The zero-order chi connectivity index (χ0) is 13.0. The molecule has 0 aliphatic rings. The molecule has 1 atom stereocenters. The largest absolute Gasteiger partial charge is 0.306 e. The minimum atomic E-state index is 0.362. The third-order valence-corrected chi connectivity index (χ3v) is 4.08. The summed E-state index contributed by atoms with van der Waals surface area (Å²) in [5.74, 6) is 0. The summed E-state index contributed by atoms with van der Waals surface area (Å²) in [5.41, 5.74) is 2.62. The molecule has 0 saturated heterocycles. The van der Waals surface area contributed by atoms with Crippen LogP contribution in [0, 0.1) is 3.57 Å². The lowest BCUT2D eigenvalue weighted by Crippen LogP contribution is -2.17. The predicted molar refractivity (Wildman–Crippen MR) is 88.6 cm³/mol. The first kappa shape index (κ1) is 14.0. The second-order valence-electron chi connectivity index (χ2n) is 4.28. The van der Waals surface area contributed by atoms with E-state index >= 15 is 0 Å². The molecular weight excluding hydrogens is 401 g/mol. The van der Waals surface area contributed by atoms with Crippen LogP contribution in [-0.2, 0) is 6.54 Å². The Kier molecular flexibility index (Phi) is 5.21. The molecular formula is C15H15BrIN. The van der Waals surface area contributed by atoms with Gasteiger partial charge >= 0.3 is 0 Å². The highest BCUT2D eigenvalue weighted by molar-refractivity contribution is 14.1. The number of nitrogens with one attached hydrogen (secondary N) is 1. The van der Waals surface area contributed by atoms with Crippen molar-refractivity contribution in [2.45, 2.75) is 19.5 Å². The minimum Gasteiger partial charge on any atom is -0.306 e. The molecule has 94 valence electrons. The number of hydrogen-bond donors (Lipinski definition) is 1. The van der Waals surface area contributed by atoms with Gasteiger partial charge in [-0.1, -0.05) is 40.2 Å². The zero-order valence-corrected chi connectivity index (χ0v) is 13.9. The Morgan fingerprint density at radius 3 is 2.56 bits per heavy atom. The molecule has 0 saturated carbocycles. The fraction of sp³-hybridized carbons (Fsp3) is 0.200. The minimum absolute atomic E-state index is 0.362. The summed E-state index contributed by atoms with van der Waals surface area (Å²) in [6.07, 6.45) is 0. The van der Waals surface area contributed by atoms with Crippen molar-refractivity contribution in [3.63, 3.8) is 0 Å². The molecule has 0 aliphatic heterocycles. The van der Waals surface area contributed by atoms with E-state index in [0.29, 0.717) is 6.04 Å². The van der Waals surface area contributed by atoms with Crippen molar-refractivity contribution in [2.75, 3.05) is 0 Å². The molecule has 1 unspecified atom stereocenters. The van der Waals surface area contributed by atoms with Gasteiger partial charge in [-0.2, -0.15) is 0 Å². The molecule has 0 heterocycles. The van der Waals surface area contributed by atoms with Gasteiger partial charge in [0.05, 0.1) is 0 Å². The third kappa shape index (κ3) is 4.07. The fourth-order valence-electron chi connectivity index (χ4n) is 1.79. The molecule has 1 nitrogen and oxygen atoms in total. The molecule has 0 amide bonds. The van der Waals surface area contributed by atoms with Crippen molar-refractivity contribution in [1.82, 2.24) is 5.32 Å². The molecule has 0 bridgehead atoms. The van der Waals surface area contributed by atoms with Crippen LogP contribution in [-0.4, -0.2) is 0 Å². The molecule has 0 spiro atoms. The van der Waals surface area contributed by atoms with Crippen LogP contribution in [0.1, 0.15) is 24.1 Å². The maximum atomic E-state index is 3.54. The second kappa shape index (κ2) is 6.68. The van der Waals surface area contributed by atoms with Crippen LogP contribution in [0.25, 0.3) is 0 Å². The topological polar surface area (TPSA) is 12.0 Å². The SMILES string of the molecule is CC(NCc1cccc(Br)c1)c1ccc(I)cc1. The van der Waals surface area contributed by atoms with Gasteiger partial charge in [0, 0.05) is 20.6 Å². The van der Waals surface area contributed by atoms with Crippen LogP contribution < -0.4 is 5.32 Å². The van der Waals surface area contributed by atoms with E-state index in [2.05, 4.69) is 93.2 Å². The molecule has 2 aromatic rings. The summed E-state index contributed by atoms with van der Waals surface area (Å²) >= 11 is 5.82. The Morgan fingerprint density at radius 2 is 1.89 bits per heavy atom. The number of benzene rings is 2. The molecule has 0 aliphatic carbocycles. The summed E-state index contributed by atoms with van der Waals surface area (Å²) in [6, 6.07) is 17.4. The molecule has 0 radical (unpaired) electrons. The highest BCUT2D eigenvalue weighted by Crippen LogP contribution is 2.16. The van der Waals surface area contributed by atoms with E-state index in [-0.39, 0.29) is 0 Å². The van der Waals surface area contributed by atoms with Crippen molar-refractivity contribution in [3.8, 4) is 0 Å². The second-order valence-corrected chi connectivity index (χ2v) is 6.45. The smallest absolute Gasteiger partial charge is 0.0294 e. The van der Waals surface area contributed by atoms with Gasteiger partial charge in [-0.05, 0) is 64.9 Å². The van der Waals surface area contributed by atoms with E-state index in [4.69, 9.17) is 0 Å². The summed E-state index contributed by atoms with van der Waals surface area (Å²) < 4.78 is 2.40. The van der Waals surface area contributed by atoms with Gasteiger partial charge in [0.1, 0.15) is 0 Å². The molecule has 2 rings (SSSR count). The first-order valence-corrected chi connectivity index (χ1v) is 7.75. The Hall–Kier alpha value is -0.390. The van der Waals surface area contributed by atoms with Crippen molar-refractivity contribution in [3.05, 3.63) is 67.7 Å². The van der Waals surface area contributed by atoms with Gasteiger partial charge in [-0.25, -0.2) is 0 Å². The molecule has 0 aromatic heterocycles. The fourth-order valence-corrected chi connectivity index (χ4v) is 2.59. The summed E-state index contributed by atoms with van der Waals surface area (Å²) in [7, 11) is 0. The summed E-state index contributed by atoms with van der Waals surface area (Å²) in [5, 5.41) is 3.54. The van der Waals surface area contributed by atoms with Crippen LogP contribution in [0.4, 0.5) is 0 Å². The quantitative estimate of drug-likeness (QED) is 0.700. The Balaban J connectivity index is 1.96. The lowest BCUT2D eigenvalue weighted by atomic mass is 10.1. The highest BCUT2D eigenvalue weighted by atomic mass is 127. The van der Waals surface area contributed by atoms with E-state index < -0.39 is 0 Å². The van der Waals surface area contributed by atoms with Crippen LogP contribution in [0.5, 0.6) is 0 Å².